The van der Waals surface area contributed by atoms with Gasteiger partial charge in [0, 0.05) is 18.1 Å². The molecule has 0 bridgehead atoms. The fraction of sp³-hybridized carbons (Fsp3) is 0.200. The summed E-state index contributed by atoms with van der Waals surface area (Å²) in [4.78, 5) is 13.2. The molecule has 0 fully saturated rings. The lowest BCUT2D eigenvalue weighted by Crippen LogP contribution is -1.97. The van der Waals surface area contributed by atoms with E-state index in [4.69, 9.17) is 0 Å². The van der Waals surface area contributed by atoms with Crippen molar-refractivity contribution in [3.05, 3.63) is 17.3 Å². The van der Waals surface area contributed by atoms with E-state index in [1.54, 1.807) is 24.6 Å². The van der Waals surface area contributed by atoms with Crippen LogP contribution in [0.3, 0.4) is 0 Å². The van der Waals surface area contributed by atoms with Crippen molar-refractivity contribution in [3.8, 4) is 0 Å². The summed E-state index contributed by atoms with van der Waals surface area (Å²) >= 11 is 3.14. The Morgan fingerprint density at radius 1 is 1.33 bits per heavy atom. The third-order valence-corrected chi connectivity index (χ3v) is 4.34. The molecule has 18 heavy (non-hydrogen) atoms. The Balaban J connectivity index is 2.06. The van der Waals surface area contributed by atoms with Crippen LogP contribution in [-0.2, 0) is 0 Å². The molecule has 3 heterocycles. The molecule has 0 unspecified atom stereocenters. The zero-order valence-electron chi connectivity index (χ0n) is 9.76. The average molecular weight is 278 g/mol. The van der Waals surface area contributed by atoms with Gasteiger partial charge in [-0.1, -0.05) is 0 Å². The second-order valence-electron chi connectivity index (χ2n) is 3.59. The van der Waals surface area contributed by atoms with Crippen LogP contribution < -0.4 is 5.32 Å². The maximum Gasteiger partial charge on any atom is 0.225 e. The Morgan fingerprint density at radius 2 is 2.22 bits per heavy atom. The van der Waals surface area contributed by atoms with Crippen LogP contribution in [0.25, 0.3) is 11.0 Å². The lowest BCUT2D eigenvalue weighted by atomic mass is 10.4. The first kappa shape index (κ1) is 11.4. The first-order valence-corrected chi connectivity index (χ1v) is 6.95. The van der Waals surface area contributed by atoms with Crippen molar-refractivity contribution in [2.45, 2.75) is 16.3 Å². The predicted octanol–water partition coefficient (Wildman–Crippen LogP) is 2.31. The van der Waals surface area contributed by atoms with Gasteiger partial charge in [-0.15, -0.1) is 11.3 Å². The number of aromatic nitrogens is 5. The van der Waals surface area contributed by atoms with Crippen LogP contribution in [-0.4, -0.2) is 32.2 Å². The summed E-state index contributed by atoms with van der Waals surface area (Å²) in [5.41, 5.74) is 1.75. The van der Waals surface area contributed by atoms with Gasteiger partial charge in [-0.3, -0.25) is 5.10 Å². The maximum absolute atomic E-state index is 4.44. The number of hydrogen-bond donors (Lipinski definition) is 2. The average Bonchev–Trinajstić information content (AvgIpc) is 2.98. The van der Waals surface area contributed by atoms with Crippen molar-refractivity contribution in [2.75, 3.05) is 12.4 Å². The van der Waals surface area contributed by atoms with Gasteiger partial charge in [0.2, 0.25) is 5.95 Å². The summed E-state index contributed by atoms with van der Waals surface area (Å²) in [6.07, 6.45) is 1.73. The molecule has 0 saturated carbocycles. The predicted molar refractivity (Wildman–Crippen MR) is 72.2 cm³/mol. The number of thiazole rings is 1. The summed E-state index contributed by atoms with van der Waals surface area (Å²) in [5, 5.41) is 13.6. The van der Waals surface area contributed by atoms with Crippen LogP contribution >= 0.6 is 23.1 Å². The number of nitrogens with one attached hydrogen (secondary N) is 2. The van der Waals surface area contributed by atoms with E-state index in [0.717, 1.165) is 26.1 Å². The van der Waals surface area contributed by atoms with Crippen molar-refractivity contribution in [2.24, 2.45) is 0 Å². The van der Waals surface area contributed by atoms with E-state index in [9.17, 15) is 0 Å². The highest BCUT2D eigenvalue weighted by Crippen LogP contribution is 2.33. The molecule has 2 N–H and O–H groups in total. The molecule has 0 spiro atoms. The largest absolute Gasteiger partial charge is 0.357 e. The first-order chi connectivity index (χ1) is 8.76. The molecule has 8 heteroatoms. The van der Waals surface area contributed by atoms with E-state index in [0.29, 0.717) is 5.95 Å². The smallest absolute Gasteiger partial charge is 0.225 e. The SMILES string of the molecule is CNc1nc(Sc2nc(C)cs2)c2cn[nH]c2n1. The Hall–Kier alpha value is -1.67. The Bertz CT molecular complexity index is 689. The van der Waals surface area contributed by atoms with Gasteiger partial charge in [0.05, 0.1) is 11.6 Å². The second kappa shape index (κ2) is 4.54. The summed E-state index contributed by atoms with van der Waals surface area (Å²) in [6.45, 7) is 1.98. The fourth-order valence-corrected chi connectivity index (χ4v) is 3.30. The lowest BCUT2D eigenvalue weighted by Gasteiger charge is -2.02. The van der Waals surface area contributed by atoms with Crippen LogP contribution in [0, 0.1) is 6.92 Å². The van der Waals surface area contributed by atoms with Gasteiger partial charge >= 0.3 is 0 Å². The van der Waals surface area contributed by atoms with Crippen LogP contribution in [0.15, 0.2) is 20.9 Å². The zero-order chi connectivity index (χ0) is 12.5. The number of aromatic amines is 1. The summed E-state index contributed by atoms with van der Waals surface area (Å²) in [7, 11) is 1.79. The van der Waals surface area contributed by atoms with Crippen LogP contribution in [0.1, 0.15) is 5.69 Å². The molecule has 0 atom stereocenters. The minimum absolute atomic E-state index is 0.572. The number of rotatable bonds is 3. The minimum atomic E-state index is 0.572. The molecular weight excluding hydrogens is 268 g/mol. The van der Waals surface area contributed by atoms with Crippen LogP contribution in [0.5, 0.6) is 0 Å². The van der Waals surface area contributed by atoms with Crippen molar-refractivity contribution < 1.29 is 0 Å². The van der Waals surface area contributed by atoms with Gasteiger partial charge < -0.3 is 5.32 Å². The van der Waals surface area contributed by atoms with Crippen molar-refractivity contribution in [1.82, 2.24) is 25.1 Å². The summed E-state index contributed by atoms with van der Waals surface area (Å²) in [6, 6.07) is 0. The highest BCUT2D eigenvalue weighted by Gasteiger charge is 2.11. The standard InChI is InChI=1S/C10H10N6S2/c1-5-4-17-10(13-5)18-8-6-3-12-16-7(6)14-9(11-2)15-8/h3-4H,1-2H3,(H2,11,12,14,15,16). The van der Waals surface area contributed by atoms with Gasteiger partial charge in [-0.25, -0.2) is 9.97 Å². The molecule has 3 aromatic heterocycles. The van der Waals surface area contributed by atoms with Crippen molar-refractivity contribution in [1.29, 1.82) is 0 Å². The third-order valence-electron chi connectivity index (χ3n) is 2.28. The molecule has 0 radical (unpaired) electrons. The summed E-state index contributed by atoms with van der Waals surface area (Å²) in [5.74, 6) is 0.572. The van der Waals surface area contributed by atoms with Crippen LogP contribution in [0.4, 0.5) is 5.95 Å². The Kier molecular flexibility index (Phi) is 2.88. The molecule has 3 rings (SSSR count). The van der Waals surface area contributed by atoms with E-state index < -0.39 is 0 Å². The van der Waals surface area contributed by atoms with E-state index in [1.807, 2.05) is 12.3 Å². The highest BCUT2D eigenvalue weighted by atomic mass is 32.2. The normalized spacial score (nSPS) is 11.0. The number of aryl methyl sites for hydroxylation is 1. The molecule has 0 saturated heterocycles. The highest BCUT2D eigenvalue weighted by molar-refractivity contribution is 8.01. The molecule has 6 nitrogen and oxygen atoms in total. The topological polar surface area (TPSA) is 79.4 Å². The van der Waals surface area contributed by atoms with E-state index in [2.05, 4.69) is 30.5 Å². The van der Waals surface area contributed by atoms with Crippen molar-refractivity contribution in [3.63, 3.8) is 0 Å². The van der Waals surface area contributed by atoms with Crippen molar-refractivity contribution >= 4 is 40.1 Å². The number of fused-ring (bicyclic) bond motifs is 1. The number of nitrogens with zero attached hydrogens (tertiary/aromatic N) is 4. The lowest BCUT2D eigenvalue weighted by molar-refractivity contribution is 1.06. The fourth-order valence-electron chi connectivity index (χ4n) is 1.46. The zero-order valence-corrected chi connectivity index (χ0v) is 11.4. The molecule has 0 amide bonds. The number of H-pyrrole nitrogens is 1. The van der Waals surface area contributed by atoms with E-state index in [-0.39, 0.29) is 0 Å². The second-order valence-corrected chi connectivity index (χ2v) is 5.69. The molecule has 0 aliphatic carbocycles. The monoisotopic (exact) mass is 278 g/mol. The maximum atomic E-state index is 4.44. The minimum Gasteiger partial charge on any atom is -0.357 e. The number of hydrogen-bond acceptors (Lipinski definition) is 7. The van der Waals surface area contributed by atoms with Gasteiger partial charge in [0.25, 0.3) is 0 Å². The van der Waals surface area contributed by atoms with Gasteiger partial charge in [-0.2, -0.15) is 10.1 Å². The molecule has 0 aliphatic heterocycles. The molecular formula is C10H10N6S2. The van der Waals surface area contributed by atoms with Gasteiger partial charge in [-0.05, 0) is 18.7 Å². The first-order valence-electron chi connectivity index (χ1n) is 5.25. The Morgan fingerprint density at radius 3 is 2.94 bits per heavy atom. The summed E-state index contributed by atoms with van der Waals surface area (Å²) < 4.78 is 0.968. The van der Waals surface area contributed by atoms with E-state index >= 15 is 0 Å². The molecule has 3 aromatic rings. The molecule has 92 valence electrons. The molecule has 0 aromatic carbocycles. The quantitative estimate of drug-likeness (QED) is 0.716. The Labute approximate surface area is 111 Å². The third kappa shape index (κ3) is 2.04. The van der Waals surface area contributed by atoms with Gasteiger partial charge in [0.15, 0.2) is 9.99 Å². The van der Waals surface area contributed by atoms with Crippen LogP contribution in [0.2, 0.25) is 0 Å². The number of anilines is 1. The molecule has 0 aliphatic rings. The van der Waals surface area contributed by atoms with Gasteiger partial charge in [0.1, 0.15) is 5.03 Å². The van der Waals surface area contributed by atoms with E-state index in [1.165, 1.54) is 11.8 Å².